The highest BCUT2D eigenvalue weighted by atomic mass is 16.6. The molecule has 0 saturated heterocycles. The van der Waals surface area contributed by atoms with Gasteiger partial charge in [0.2, 0.25) is 0 Å². The van der Waals surface area contributed by atoms with Crippen LogP contribution in [0.2, 0.25) is 0 Å². The van der Waals surface area contributed by atoms with Crippen molar-refractivity contribution in [3.63, 3.8) is 0 Å². The van der Waals surface area contributed by atoms with Crippen LogP contribution in [-0.2, 0) is 11.3 Å². The number of hydrogen-bond acceptors (Lipinski definition) is 5. The normalized spacial score (nSPS) is 15.8. The minimum absolute atomic E-state index is 0.0243. The first-order valence-corrected chi connectivity index (χ1v) is 9.88. The Kier molecular flexibility index (Phi) is 7.21. The lowest BCUT2D eigenvalue weighted by Crippen LogP contribution is -2.34. The average Bonchev–Trinajstić information content (AvgIpc) is 2.71. The van der Waals surface area contributed by atoms with Crippen LogP contribution in [0.5, 0.6) is 17.2 Å². The van der Waals surface area contributed by atoms with Gasteiger partial charge in [0.1, 0.15) is 19.0 Å². The summed E-state index contributed by atoms with van der Waals surface area (Å²) in [5.41, 5.74) is 2.02. The molecule has 6 nitrogen and oxygen atoms in total. The molecule has 1 heterocycles. The molecular formula is C24H27NO5. The predicted octanol–water partition coefficient (Wildman–Crippen LogP) is 3.55. The largest absolute Gasteiger partial charge is 0.490 e. The Labute approximate surface area is 177 Å². The van der Waals surface area contributed by atoms with E-state index in [1.165, 1.54) is 0 Å². The van der Waals surface area contributed by atoms with E-state index in [9.17, 15) is 4.79 Å². The smallest absolute Gasteiger partial charge is 0.304 e. The van der Waals surface area contributed by atoms with Gasteiger partial charge in [0.05, 0.1) is 12.3 Å². The Morgan fingerprint density at radius 1 is 1.23 bits per heavy atom. The Balaban J connectivity index is 1.58. The van der Waals surface area contributed by atoms with Crippen molar-refractivity contribution in [2.45, 2.75) is 31.9 Å². The molecule has 0 saturated carbocycles. The standard InChI is InChI=1S/C24H27NO5/c1-4-5-19(13-24(26)27)18-7-9-20(10-8-18)28-15-21-16-29-22-11-6-17(14-25(2)3)12-23(22)30-21/h6-12,19,21H,13-16H2,1-3H3,(H,26,27)/t19-,21-/m0/s1. The van der Waals surface area contributed by atoms with Gasteiger partial charge in [-0.05, 0) is 56.4 Å². The van der Waals surface area contributed by atoms with E-state index < -0.39 is 5.97 Å². The maximum atomic E-state index is 11.0. The van der Waals surface area contributed by atoms with E-state index in [0.29, 0.717) is 19.0 Å². The molecule has 6 heteroatoms. The number of nitrogens with zero attached hydrogens (tertiary/aromatic N) is 1. The molecule has 1 aliphatic rings. The molecule has 0 bridgehead atoms. The van der Waals surface area contributed by atoms with E-state index in [1.54, 1.807) is 6.92 Å². The topological polar surface area (TPSA) is 68.2 Å². The van der Waals surface area contributed by atoms with E-state index in [2.05, 4.69) is 16.7 Å². The monoisotopic (exact) mass is 409 g/mol. The maximum Gasteiger partial charge on any atom is 0.304 e. The first-order valence-electron chi connectivity index (χ1n) is 9.88. The van der Waals surface area contributed by atoms with Crippen LogP contribution in [0, 0.1) is 11.8 Å². The molecule has 0 unspecified atom stereocenters. The van der Waals surface area contributed by atoms with Gasteiger partial charge in [0, 0.05) is 6.54 Å². The average molecular weight is 409 g/mol. The summed E-state index contributed by atoms with van der Waals surface area (Å²) in [5.74, 6) is 6.72. The number of rotatable bonds is 8. The van der Waals surface area contributed by atoms with Gasteiger partial charge in [-0.25, -0.2) is 0 Å². The summed E-state index contributed by atoms with van der Waals surface area (Å²) in [7, 11) is 4.05. The third kappa shape index (κ3) is 5.91. The summed E-state index contributed by atoms with van der Waals surface area (Å²) in [5, 5.41) is 9.06. The van der Waals surface area contributed by atoms with Crippen LogP contribution < -0.4 is 14.2 Å². The lowest BCUT2D eigenvalue weighted by atomic mass is 9.96. The molecular weight excluding hydrogens is 382 g/mol. The number of carboxylic acids is 1. The molecule has 1 aliphatic heterocycles. The predicted molar refractivity (Wildman–Crippen MR) is 114 cm³/mol. The van der Waals surface area contributed by atoms with Crippen molar-refractivity contribution >= 4 is 5.97 Å². The van der Waals surface area contributed by atoms with Gasteiger partial charge >= 0.3 is 5.97 Å². The second-order valence-electron chi connectivity index (χ2n) is 7.49. The van der Waals surface area contributed by atoms with E-state index >= 15 is 0 Å². The minimum Gasteiger partial charge on any atom is -0.490 e. The molecule has 2 atom stereocenters. The highest BCUT2D eigenvalue weighted by Crippen LogP contribution is 2.33. The summed E-state index contributed by atoms with van der Waals surface area (Å²) in [6, 6.07) is 13.4. The number of hydrogen-bond donors (Lipinski definition) is 1. The lowest BCUT2D eigenvalue weighted by Gasteiger charge is -2.27. The van der Waals surface area contributed by atoms with Crippen molar-refractivity contribution in [1.82, 2.24) is 4.90 Å². The van der Waals surface area contributed by atoms with Crippen LogP contribution in [0.25, 0.3) is 0 Å². The fourth-order valence-corrected chi connectivity index (χ4v) is 3.29. The zero-order chi connectivity index (χ0) is 21.5. The molecule has 3 rings (SSSR count). The van der Waals surface area contributed by atoms with Gasteiger partial charge in [-0.15, -0.1) is 5.92 Å². The molecule has 0 spiro atoms. The van der Waals surface area contributed by atoms with Crippen LogP contribution in [0.4, 0.5) is 0 Å². The van der Waals surface area contributed by atoms with Crippen LogP contribution in [0.15, 0.2) is 42.5 Å². The zero-order valence-electron chi connectivity index (χ0n) is 17.6. The van der Waals surface area contributed by atoms with Gasteiger partial charge in [-0.2, -0.15) is 0 Å². The third-order valence-electron chi connectivity index (χ3n) is 4.64. The summed E-state index contributed by atoms with van der Waals surface area (Å²) in [4.78, 5) is 13.1. The summed E-state index contributed by atoms with van der Waals surface area (Å²) >= 11 is 0. The van der Waals surface area contributed by atoms with E-state index in [1.807, 2.05) is 56.6 Å². The Morgan fingerprint density at radius 2 is 2.00 bits per heavy atom. The molecule has 0 aliphatic carbocycles. The molecule has 0 aromatic heterocycles. The maximum absolute atomic E-state index is 11.0. The van der Waals surface area contributed by atoms with Gasteiger partial charge in [-0.1, -0.05) is 24.1 Å². The molecule has 0 radical (unpaired) electrons. The number of carbonyl (C=O) groups is 1. The fourth-order valence-electron chi connectivity index (χ4n) is 3.29. The molecule has 1 N–H and O–H groups in total. The van der Waals surface area contributed by atoms with Gasteiger partial charge in [0.25, 0.3) is 0 Å². The molecule has 30 heavy (non-hydrogen) atoms. The number of fused-ring (bicyclic) bond motifs is 1. The van der Waals surface area contributed by atoms with E-state index in [4.69, 9.17) is 19.3 Å². The molecule has 0 fully saturated rings. The van der Waals surface area contributed by atoms with Crippen molar-refractivity contribution in [3.05, 3.63) is 53.6 Å². The minimum atomic E-state index is -0.869. The van der Waals surface area contributed by atoms with Crippen molar-refractivity contribution in [3.8, 4) is 29.1 Å². The summed E-state index contributed by atoms with van der Waals surface area (Å²) in [6.45, 7) is 3.31. The molecule has 2 aromatic rings. The number of carboxylic acid groups (broad SMARTS) is 1. The molecule has 2 aromatic carbocycles. The number of benzene rings is 2. The quantitative estimate of drug-likeness (QED) is 0.673. The van der Waals surface area contributed by atoms with Gasteiger partial charge in [-0.3, -0.25) is 4.79 Å². The second kappa shape index (κ2) is 10.0. The lowest BCUT2D eigenvalue weighted by molar-refractivity contribution is -0.137. The third-order valence-corrected chi connectivity index (χ3v) is 4.64. The van der Waals surface area contributed by atoms with Crippen molar-refractivity contribution in [1.29, 1.82) is 0 Å². The highest BCUT2D eigenvalue weighted by Gasteiger charge is 2.22. The SMILES string of the molecule is CC#C[C@@H](CC(=O)O)c1ccc(OC[C@H]2COc3ccc(CN(C)C)cc3O2)cc1. The Bertz CT molecular complexity index is 927. The Morgan fingerprint density at radius 3 is 2.67 bits per heavy atom. The van der Waals surface area contributed by atoms with Crippen LogP contribution >= 0.6 is 0 Å². The number of aliphatic carboxylic acids is 1. The van der Waals surface area contributed by atoms with Crippen molar-refractivity contribution < 1.29 is 24.1 Å². The fraction of sp³-hybridized carbons (Fsp3) is 0.375. The van der Waals surface area contributed by atoms with Crippen molar-refractivity contribution in [2.24, 2.45) is 0 Å². The zero-order valence-corrected chi connectivity index (χ0v) is 17.6. The van der Waals surface area contributed by atoms with E-state index in [-0.39, 0.29) is 18.4 Å². The molecule has 0 amide bonds. The first-order chi connectivity index (χ1) is 14.4. The van der Waals surface area contributed by atoms with Crippen molar-refractivity contribution in [2.75, 3.05) is 27.3 Å². The second-order valence-corrected chi connectivity index (χ2v) is 7.49. The number of ether oxygens (including phenoxy) is 3. The summed E-state index contributed by atoms with van der Waals surface area (Å²) in [6.07, 6.45) is -0.235. The first kappa shape index (κ1) is 21.5. The highest BCUT2D eigenvalue weighted by molar-refractivity contribution is 5.69. The van der Waals surface area contributed by atoms with Crippen LogP contribution in [0.1, 0.15) is 30.4 Å². The van der Waals surface area contributed by atoms with E-state index in [0.717, 1.165) is 29.2 Å². The van der Waals surface area contributed by atoms with Crippen LogP contribution in [0.3, 0.4) is 0 Å². The Hall–Kier alpha value is -3.17. The summed E-state index contributed by atoms with van der Waals surface area (Å²) < 4.78 is 17.7. The van der Waals surface area contributed by atoms with Gasteiger partial charge < -0.3 is 24.2 Å². The van der Waals surface area contributed by atoms with Gasteiger partial charge in [0.15, 0.2) is 17.6 Å². The molecule has 158 valence electrons. The van der Waals surface area contributed by atoms with Crippen LogP contribution in [-0.4, -0.2) is 49.4 Å².